The maximum absolute atomic E-state index is 9.21. The molecule has 96 valence electrons. The molecule has 0 saturated carbocycles. The van der Waals surface area contributed by atoms with Gasteiger partial charge in [0.25, 0.3) is 0 Å². The Labute approximate surface area is 107 Å². The third-order valence-electron chi connectivity index (χ3n) is 2.60. The van der Waals surface area contributed by atoms with Crippen molar-refractivity contribution < 1.29 is 9.66 Å². The molecule has 3 nitrogen and oxygen atoms in total. The Kier molecular flexibility index (Phi) is 5.82. The molecule has 0 aliphatic heterocycles. The highest BCUT2D eigenvalue weighted by Gasteiger charge is 2.16. The van der Waals surface area contributed by atoms with E-state index in [0.717, 1.165) is 37.2 Å². The first-order valence-electron chi connectivity index (χ1n) is 5.83. The molecule has 0 radical (unpaired) electrons. The van der Waals surface area contributed by atoms with Crippen LogP contribution in [0.4, 0.5) is 0 Å². The van der Waals surface area contributed by atoms with Crippen LogP contribution in [0.25, 0.3) is 0 Å². The Bertz CT molecular complexity index is 325. The number of benzene rings is 1. The fourth-order valence-electron chi connectivity index (χ4n) is 1.75. The number of nitrogens with one attached hydrogen (secondary N) is 1. The standard InChI is InChI=1S/C13H21NO2S/c1-13(2,14-8-3-9-17-16)10-11-4-6-12(15)7-5-11/h4-7,14-16H,3,8-10H2,1-2H3. The van der Waals surface area contributed by atoms with E-state index in [0.29, 0.717) is 5.75 Å². The van der Waals surface area contributed by atoms with E-state index in [1.165, 1.54) is 5.56 Å². The van der Waals surface area contributed by atoms with Crippen molar-refractivity contribution in [3.05, 3.63) is 29.8 Å². The van der Waals surface area contributed by atoms with Gasteiger partial charge in [-0.05, 0) is 63.0 Å². The lowest BCUT2D eigenvalue weighted by molar-refractivity contribution is 0.387. The van der Waals surface area contributed by atoms with Gasteiger partial charge in [0.2, 0.25) is 0 Å². The van der Waals surface area contributed by atoms with Crippen molar-refractivity contribution in [3.8, 4) is 5.75 Å². The van der Waals surface area contributed by atoms with Crippen LogP contribution in [-0.4, -0.2) is 27.5 Å². The predicted molar refractivity (Wildman–Crippen MR) is 73.6 cm³/mol. The van der Waals surface area contributed by atoms with Gasteiger partial charge in [-0.15, -0.1) is 0 Å². The highest BCUT2D eigenvalue weighted by molar-refractivity contribution is 7.93. The number of aromatic hydroxyl groups is 1. The van der Waals surface area contributed by atoms with Crippen LogP contribution in [0.5, 0.6) is 5.75 Å². The zero-order chi connectivity index (χ0) is 12.7. The van der Waals surface area contributed by atoms with Gasteiger partial charge in [0.1, 0.15) is 5.75 Å². The third kappa shape index (κ3) is 5.96. The van der Waals surface area contributed by atoms with Crippen LogP contribution in [0.15, 0.2) is 24.3 Å². The Morgan fingerprint density at radius 1 is 1.24 bits per heavy atom. The van der Waals surface area contributed by atoms with E-state index >= 15 is 0 Å². The van der Waals surface area contributed by atoms with E-state index in [4.69, 9.17) is 4.55 Å². The van der Waals surface area contributed by atoms with E-state index in [9.17, 15) is 5.11 Å². The largest absolute Gasteiger partial charge is 0.508 e. The normalized spacial score (nSPS) is 11.7. The van der Waals surface area contributed by atoms with Gasteiger partial charge in [0, 0.05) is 11.3 Å². The quantitative estimate of drug-likeness (QED) is 0.518. The molecule has 1 aromatic rings. The number of hydrogen-bond donors (Lipinski definition) is 3. The molecule has 0 aliphatic rings. The van der Waals surface area contributed by atoms with Gasteiger partial charge in [-0.3, -0.25) is 0 Å². The first kappa shape index (κ1) is 14.4. The molecule has 0 heterocycles. The van der Waals surface area contributed by atoms with Gasteiger partial charge in [-0.2, -0.15) is 0 Å². The molecule has 0 aromatic heterocycles. The SMILES string of the molecule is CC(C)(Cc1ccc(O)cc1)NCCCSO. The van der Waals surface area contributed by atoms with E-state index in [2.05, 4.69) is 19.2 Å². The molecule has 0 spiro atoms. The topological polar surface area (TPSA) is 52.5 Å². The summed E-state index contributed by atoms with van der Waals surface area (Å²) in [6, 6.07) is 7.33. The molecule has 17 heavy (non-hydrogen) atoms. The summed E-state index contributed by atoms with van der Waals surface area (Å²) in [6.07, 6.45) is 1.87. The second-order valence-corrected chi connectivity index (χ2v) is 5.51. The molecule has 3 N–H and O–H groups in total. The number of rotatable bonds is 7. The Hall–Kier alpha value is -0.710. The molecule has 0 unspecified atom stereocenters. The minimum Gasteiger partial charge on any atom is -0.508 e. The zero-order valence-corrected chi connectivity index (χ0v) is 11.3. The minimum absolute atomic E-state index is 0.0249. The average Bonchev–Trinajstić information content (AvgIpc) is 2.27. The molecule has 0 aliphatic carbocycles. The van der Waals surface area contributed by atoms with Crippen LogP contribution < -0.4 is 5.32 Å². The summed E-state index contributed by atoms with van der Waals surface area (Å²) >= 11 is 0.890. The van der Waals surface area contributed by atoms with E-state index in [-0.39, 0.29) is 5.54 Å². The molecule has 4 heteroatoms. The molecular weight excluding hydrogens is 234 g/mol. The second kappa shape index (κ2) is 6.89. The molecule has 0 bridgehead atoms. The maximum atomic E-state index is 9.21. The molecule has 1 rings (SSSR count). The van der Waals surface area contributed by atoms with Crippen molar-refractivity contribution in [3.63, 3.8) is 0 Å². The maximum Gasteiger partial charge on any atom is 0.115 e. The van der Waals surface area contributed by atoms with Crippen LogP contribution in [0.1, 0.15) is 25.8 Å². The molecule has 0 fully saturated rings. The van der Waals surface area contributed by atoms with Crippen LogP contribution in [-0.2, 0) is 6.42 Å². The van der Waals surface area contributed by atoms with Crippen molar-refractivity contribution >= 4 is 12.0 Å². The van der Waals surface area contributed by atoms with Crippen molar-refractivity contribution in [1.82, 2.24) is 5.32 Å². The number of phenols is 1. The number of hydrogen-bond acceptors (Lipinski definition) is 4. The lowest BCUT2D eigenvalue weighted by atomic mass is 9.95. The minimum atomic E-state index is 0.0249. The molecule has 1 aromatic carbocycles. The Balaban J connectivity index is 2.40. The molecule has 0 saturated heterocycles. The van der Waals surface area contributed by atoms with Gasteiger partial charge in [-0.25, -0.2) is 0 Å². The highest BCUT2D eigenvalue weighted by Crippen LogP contribution is 2.16. The third-order valence-corrected chi connectivity index (χ3v) is 3.07. The van der Waals surface area contributed by atoms with Gasteiger partial charge in [0.05, 0.1) is 0 Å². The zero-order valence-electron chi connectivity index (χ0n) is 10.4. The summed E-state index contributed by atoms with van der Waals surface area (Å²) in [7, 11) is 0. The van der Waals surface area contributed by atoms with Crippen LogP contribution in [0, 0.1) is 0 Å². The Morgan fingerprint density at radius 2 is 1.88 bits per heavy atom. The highest BCUT2D eigenvalue weighted by atomic mass is 32.2. The number of phenolic OH excluding ortho intramolecular Hbond substituents is 1. The average molecular weight is 255 g/mol. The van der Waals surface area contributed by atoms with Crippen molar-refractivity contribution in [1.29, 1.82) is 0 Å². The molecule has 0 atom stereocenters. The van der Waals surface area contributed by atoms with Crippen molar-refractivity contribution in [2.75, 3.05) is 12.3 Å². The monoisotopic (exact) mass is 255 g/mol. The summed E-state index contributed by atoms with van der Waals surface area (Å²) in [5, 5.41) is 12.7. The smallest absolute Gasteiger partial charge is 0.115 e. The van der Waals surface area contributed by atoms with E-state index in [1.807, 2.05) is 12.1 Å². The van der Waals surface area contributed by atoms with Crippen LogP contribution >= 0.6 is 12.0 Å². The van der Waals surface area contributed by atoms with Gasteiger partial charge >= 0.3 is 0 Å². The summed E-state index contributed by atoms with van der Waals surface area (Å²) in [5.41, 5.74) is 1.23. The fourth-order valence-corrected chi connectivity index (χ4v) is 2.02. The lowest BCUT2D eigenvalue weighted by Crippen LogP contribution is -2.41. The summed E-state index contributed by atoms with van der Waals surface area (Å²) < 4.78 is 8.62. The lowest BCUT2D eigenvalue weighted by Gasteiger charge is -2.26. The van der Waals surface area contributed by atoms with E-state index < -0.39 is 0 Å². The van der Waals surface area contributed by atoms with Crippen molar-refractivity contribution in [2.24, 2.45) is 0 Å². The predicted octanol–water partition coefficient (Wildman–Crippen LogP) is 2.90. The van der Waals surface area contributed by atoms with Crippen LogP contribution in [0.2, 0.25) is 0 Å². The molecular formula is C13H21NO2S. The van der Waals surface area contributed by atoms with E-state index in [1.54, 1.807) is 12.1 Å². The summed E-state index contributed by atoms with van der Waals surface area (Å²) in [5.74, 6) is 1.07. The Morgan fingerprint density at radius 3 is 2.47 bits per heavy atom. The van der Waals surface area contributed by atoms with Gasteiger partial charge in [0.15, 0.2) is 0 Å². The van der Waals surface area contributed by atoms with Crippen LogP contribution in [0.3, 0.4) is 0 Å². The first-order valence-corrected chi connectivity index (χ1v) is 6.77. The van der Waals surface area contributed by atoms with Gasteiger partial charge in [-0.1, -0.05) is 12.1 Å². The fraction of sp³-hybridized carbons (Fsp3) is 0.538. The first-order chi connectivity index (χ1) is 8.03. The van der Waals surface area contributed by atoms with Gasteiger partial charge < -0.3 is 15.0 Å². The molecule has 0 amide bonds. The summed E-state index contributed by atoms with van der Waals surface area (Å²) in [4.78, 5) is 0. The summed E-state index contributed by atoms with van der Waals surface area (Å²) in [6.45, 7) is 5.22. The second-order valence-electron chi connectivity index (χ2n) is 4.84. The van der Waals surface area contributed by atoms with Crippen molar-refractivity contribution in [2.45, 2.75) is 32.2 Å².